The number of sulfone groups is 1. The Morgan fingerprint density at radius 1 is 1.50 bits per heavy atom. The van der Waals surface area contributed by atoms with E-state index < -0.39 is 33.3 Å². The van der Waals surface area contributed by atoms with Gasteiger partial charge < -0.3 is 15.8 Å². The zero-order chi connectivity index (χ0) is 14.0. The Bertz CT molecular complexity index is 447. The summed E-state index contributed by atoms with van der Waals surface area (Å²) in [6.07, 6.45) is 0.316. The highest BCUT2D eigenvalue weighted by atomic mass is 32.2. The molecule has 2 atom stereocenters. The van der Waals surface area contributed by atoms with Gasteiger partial charge in [-0.05, 0) is 20.3 Å². The van der Waals surface area contributed by atoms with Gasteiger partial charge in [0.2, 0.25) is 5.91 Å². The molecule has 1 fully saturated rings. The van der Waals surface area contributed by atoms with Gasteiger partial charge in [-0.25, -0.2) is 13.2 Å². The van der Waals surface area contributed by atoms with Crippen molar-refractivity contribution >= 4 is 21.7 Å². The molecular weight excluding hydrogens is 260 g/mol. The fourth-order valence-electron chi connectivity index (χ4n) is 1.82. The number of hydrogen-bond acceptors (Lipinski definition) is 6. The van der Waals surface area contributed by atoms with E-state index in [0.29, 0.717) is 6.42 Å². The molecular formula is C10H18N2O5S. The first-order valence-electron chi connectivity index (χ1n) is 5.64. The lowest BCUT2D eigenvalue weighted by Gasteiger charge is -2.25. The lowest BCUT2D eigenvalue weighted by Crippen LogP contribution is -2.55. The number of nitrogens with two attached hydrogens (primary N) is 1. The largest absolute Gasteiger partial charge is 0.464 e. The monoisotopic (exact) mass is 278 g/mol. The van der Waals surface area contributed by atoms with Crippen LogP contribution in [0.2, 0.25) is 0 Å². The molecule has 1 saturated heterocycles. The van der Waals surface area contributed by atoms with Gasteiger partial charge in [0.05, 0.1) is 23.7 Å². The van der Waals surface area contributed by atoms with Crippen molar-refractivity contribution in [2.45, 2.75) is 31.8 Å². The first-order chi connectivity index (χ1) is 8.19. The van der Waals surface area contributed by atoms with Crippen LogP contribution in [0.15, 0.2) is 0 Å². The molecule has 3 N–H and O–H groups in total. The minimum atomic E-state index is -3.13. The van der Waals surface area contributed by atoms with Gasteiger partial charge in [-0.2, -0.15) is 0 Å². The molecule has 0 aromatic carbocycles. The highest BCUT2D eigenvalue weighted by Crippen LogP contribution is 2.22. The standard InChI is InChI=1S/C10H18N2O5S/c1-3-17-9(14)7(11)8(13)12-10(2)4-5-18(15,16)6-10/h7H,3-6,11H2,1-2H3,(H,12,13). The van der Waals surface area contributed by atoms with Gasteiger partial charge in [0.15, 0.2) is 15.9 Å². The number of amides is 1. The third-order valence-electron chi connectivity index (χ3n) is 2.75. The number of ether oxygens (including phenoxy) is 1. The van der Waals surface area contributed by atoms with Crippen molar-refractivity contribution in [3.8, 4) is 0 Å². The Hall–Kier alpha value is -1.15. The molecule has 0 bridgehead atoms. The molecule has 0 spiro atoms. The fraction of sp³-hybridized carbons (Fsp3) is 0.800. The predicted octanol–water partition coefficient (Wildman–Crippen LogP) is -1.43. The van der Waals surface area contributed by atoms with E-state index in [0.717, 1.165) is 0 Å². The predicted molar refractivity (Wildman–Crippen MR) is 64.4 cm³/mol. The van der Waals surface area contributed by atoms with Crippen molar-refractivity contribution < 1.29 is 22.7 Å². The van der Waals surface area contributed by atoms with Crippen molar-refractivity contribution in [3.05, 3.63) is 0 Å². The molecule has 1 amide bonds. The molecule has 8 heteroatoms. The summed E-state index contributed by atoms with van der Waals surface area (Å²) < 4.78 is 27.3. The lowest BCUT2D eigenvalue weighted by molar-refractivity contribution is -0.148. The maximum Gasteiger partial charge on any atom is 0.332 e. The summed E-state index contributed by atoms with van der Waals surface area (Å²) in [7, 11) is -3.13. The van der Waals surface area contributed by atoms with E-state index in [9.17, 15) is 18.0 Å². The van der Waals surface area contributed by atoms with E-state index in [1.807, 2.05) is 0 Å². The van der Waals surface area contributed by atoms with Crippen LogP contribution in [0.4, 0.5) is 0 Å². The normalized spacial score (nSPS) is 27.5. The topological polar surface area (TPSA) is 116 Å². The van der Waals surface area contributed by atoms with E-state index in [1.165, 1.54) is 0 Å². The Morgan fingerprint density at radius 3 is 2.56 bits per heavy atom. The Balaban J connectivity index is 2.63. The van der Waals surface area contributed by atoms with E-state index in [-0.39, 0.29) is 18.1 Å². The second-order valence-corrected chi connectivity index (χ2v) is 6.81. The van der Waals surface area contributed by atoms with Gasteiger partial charge in [0.25, 0.3) is 0 Å². The van der Waals surface area contributed by atoms with Gasteiger partial charge in [-0.3, -0.25) is 4.79 Å². The molecule has 0 radical (unpaired) electrons. The van der Waals surface area contributed by atoms with Gasteiger partial charge >= 0.3 is 5.97 Å². The van der Waals surface area contributed by atoms with Crippen LogP contribution in [0.5, 0.6) is 0 Å². The van der Waals surface area contributed by atoms with Crippen LogP contribution in [-0.2, 0) is 24.2 Å². The second-order valence-electron chi connectivity index (χ2n) is 4.62. The van der Waals surface area contributed by atoms with Crippen LogP contribution in [0.25, 0.3) is 0 Å². The summed E-state index contributed by atoms with van der Waals surface area (Å²) in [5.74, 6) is -1.65. The number of carbonyl (C=O) groups excluding carboxylic acids is 2. The van der Waals surface area contributed by atoms with E-state index in [1.54, 1.807) is 13.8 Å². The molecule has 104 valence electrons. The smallest absolute Gasteiger partial charge is 0.332 e. The number of esters is 1. The third-order valence-corrected chi connectivity index (χ3v) is 4.65. The average Bonchev–Trinajstić information content (AvgIpc) is 2.51. The minimum absolute atomic E-state index is 0.0262. The molecule has 1 aliphatic rings. The SMILES string of the molecule is CCOC(=O)C(N)C(=O)NC1(C)CCS(=O)(=O)C1. The first-order valence-corrected chi connectivity index (χ1v) is 7.46. The lowest BCUT2D eigenvalue weighted by atomic mass is 10.0. The van der Waals surface area contributed by atoms with Crippen LogP contribution in [0, 0.1) is 0 Å². The Kier molecular flexibility index (Phi) is 4.33. The Labute approximate surface area is 106 Å². The number of carbonyl (C=O) groups is 2. The minimum Gasteiger partial charge on any atom is -0.464 e. The highest BCUT2D eigenvalue weighted by molar-refractivity contribution is 7.91. The van der Waals surface area contributed by atoms with Gasteiger partial charge in [-0.1, -0.05) is 0 Å². The van der Waals surface area contributed by atoms with Crippen LogP contribution in [-0.4, -0.2) is 50.0 Å². The molecule has 0 saturated carbocycles. The number of nitrogens with one attached hydrogen (secondary N) is 1. The highest BCUT2D eigenvalue weighted by Gasteiger charge is 2.41. The maximum atomic E-state index is 11.7. The van der Waals surface area contributed by atoms with Crippen molar-refractivity contribution in [2.75, 3.05) is 18.1 Å². The van der Waals surface area contributed by atoms with Crippen molar-refractivity contribution in [3.63, 3.8) is 0 Å². The fourth-order valence-corrected chi connectivity index (χ4v) is 3.92. The average molecular weight is 278 g/mol. The molecule has 1 aliphatic heterocycles. The van der Waals surface area contributed by atoms with E-state index in [4.69, 9.17) is 5.73 Å². The molecule has 0 aromatic heterocycles. The zero-order valence-electron chi connectivity index (χ0n) is 10.4. The third kappa shape index (κ3) is 3.67. The summed E-state index contributed by atoms with van der Waals surface area (Å²) in [5, 5.41) is 2.51. The summed E-state index contributed by atoms with van der Waals surface area (Å²) in [4.78, 5) is 23.0. The van der Waals surface area contributed by atoms with Crippen LogP contribution < -0.4 is 11.1 Å². The second kappa shape index (κ2) is 5.23. The van der Waals surface area contributed by atoms with Gasteiger partial charge in [0, 0.05) is 0 Å². The quantitative estimate of drug-likeness (QED) is 0.481. The number of rotatable bonds is 4. The van der Waals surface area contributed by atoms with Crippen LogP contribution >= 0.6 is 0 Å². The zero-order valence-corrected chi connectivity index (χ0v) is 11.2. The molecule has 7 nitrogen and oxygen atoms in total. The molecule has 2 unspecified atom stereocenters. The first kappa shape index (κ1) is 14.9. The van der Waals surface area contributed by atoms with Crippen LogP contribution in [0.1, 0.15) is 20.3 Å². The van der Waals surface area contributed by atoms with Gasteiger partial charge in [-0.15, -0.1) is 0 Å². The molecule has 18 heavy (non-hydrogen) atoms. The summed E-state index contributed by atoms with van der Waals surface area (Å²) in [6, 6.07) is -1.43. The van der Waals surface area contributed by atoms with Crippen molar-refractivity contribution in [2.24, 2.45) is 5.73 Å². The molecule has 1 heterocycles. The van der Waals surface area contributed by atoms with Crippen molar-refractivity contribution in [1.82, 2.24) is 5.32 Å². The molecule has 0 aromatic rings. The van der Waals surface area contributed by atoms with Gasteiger partial charge in [0.1, 0.15) is 0 Å². The van der Waals surface area contributed by atoms with E-state index >= 15 is 0 Å². The summed E-state index contributed by atoms with van der Waals surface area (Å²) >= 11 is 0. The molecule has 0 aliphatic carbocycles. The Morgan fingerprint density at radius 2 is 2.11 bits per heavy atom. The summed E-state index contributed by atoms with van der Waals surface area (Å²) in [5.41, 5.74) is 4.55. The summed E-state index contributed by atoms with van der Waals surface area (Å²) in [6.45, 7) is 3.35. The van der Waals surface area contributed by atoms with Crippen molar-refractivity contribution in [1.29, 1.82) is 0 Å². The number of hydrogen-bond donors (Lipinski definition) is 2. The van der Waals surface area contributed by atoms with E-state index in [2.05, 4.69) is 10.1 Å². The molecule has 1 rings (SSSR count). The maximum absolute atomic E-state index is 11.7. The van der Waals surface area contributed by atoms with Crippen LogP contribution in [0.3, 0.4) is 0 Å².